The predicted octanol–water partition coefficient (Wildman–Crippen LogP) is 2.24. The van der Waals surface area contributed by atoms with Crippen LogP contribution in [0, 0.1) is 13.8 Å². The summed E-state index contributed by atoms with van der Waals surface area (Å²) in [6.45, 7) is 2.44. The lowest BCUT2D eigenvalue weighted by atomic mass is 10.1. The minimum atomic E-state index is -4.55. The van der Waals surface area contributed by atoms with Crippen molar-refractivity contribution in [1.82, 2.24) is 9.13 Å². The SMILES string of the molecule is Cc1ccc(C)c(Cn2ccn(CC(F)(F)F)c(=O)c2=O)c1. The first-order valence-electron chi connectivity index (χ1n) is 6.60. The Morgan fingerprint density at radius 2 is 1.59 bits per heavy atom. The first kappa shape index (κ1) is 16.1. The molecule has 0 amide bonds. The molecule has 118 valence electrons. The Kier molecular flexibility index (Phi) is 4.25. The van der Waals surface area contributed by atoms with Crippen LogP contribution in [0.4, 0.5) is 13.2 Å². The molecule has 0 saturated heterocycles. The van der Waals surface area contributed by atoms with Gasteiger partial charge in [0.2, 0.25) is 0 Å². The van der Waals surface area contributed by atoms with Crippen LogP contribution in [0.2, 0.25) is 0 Å². The van der Waals surface area contributed by atoms with E-state index in [1.165, 1.54) is 6.20 Å². The van der Waals surface area contributed by atoms with Crippen molar-refractivity contribution in [2.24, 2.45) is 0 Å². The summed E-state index contributed by atoms with van der Waals surface area (Å²) in [7, 11) is 0. The molecule has 0 atom stereocenters. The van der Waals surface area contributed by atoms with Gasteiger partial charge >= 0.3 is 17.3 Å². The Bertz CT molecular complexity index is 804. The maximum Gasteiger partial charge on any atom is 0.406 e. The van der Waals surface area contributed by atoms with Crippen LogP contribution in [-0.4, -0.2) is 15.3 Å². The number of rotatable bonds is 3. The summed E-state index contributed by atoms with van der Waals surface area (Å²) in [6, 6.07) is 5.69. The van der Waals surface area contributed by atoms with E-state index in [1.807, 2.05) is 32.0 Å². The third-order valence-electron chi connectivity index (χ3n) is 3.33. The molecule has 0 fully saturated rings. The largest absolute Gasteiger partial charge is 0.406 e. The van der Waals surface area contributed by atoms with Crippen molar-refractivity contribution < 1.29 is 13.2 Å². The fourth-order valence-electron chi connectivity index (χ4n) is 2.14. The highest BCUT2D eigenvalue weighted by molar-refractivity contribution is 5.30. The summed E-state index contributed by atoms with van der Waals surface area (Å²) in [5.74, 6) is 0. The molecule has 1 heterocycles. The van der Waals surface area contributed by atoms with E-state index in [2.05, 4.69) is 0 Å². The van der Waals surface area contributed by atoms with Crippen LogP contribution in [0.3, 0.4) is 0 Å². The smallest absolute Gasteiger partial charge is 0.305 e. The fraction of sp³-hybridized carbons (Fsp3) is 0.333. The first-order valence-corrected chi connectivity index (χ1v) is 6.60. The summed E-state index contributed by atoms with van der Waals surface area (Å²) in [5, 5.41) is 0. The van der Waals surface area contributed by atoms with E-state index in [-0.39, 0.29) is 6.54 Å². The number of nitrogens with zero attached hydrogens (tertiary/aromatic N) is 2. The maximum atomic E-state index is 12.3. The summed E-state index contributed by atoms with van der Waals surface area (Å²) in [4.78, 5) is 23.7. The van der Waals surface area contributed by atoms with Crippen molar-refractivity contribution >= 4 is 0 Å². The van der Waals surface area contributed by atoms with E-state index >= 15 is 0 Å². The molecule has 7 heteroatoms. The molecule has 0 spiro atoms. The van der Waals surface area contributed by atoms with Crippen molar-refractivity contribution in [3.8, 4) is 0 Å². The average molecular weight is 312 g/mol. The van der Waals surface area contributed by atoms with Gasteiger partial charge in [-0.25, -0.2) is 0 Å². The second-order valence-corrected chi connectivity index (χ2v) is 5.21. The molecule has 0 aliphatic rings. The lowest BCUT2D eigenvalue weighted by molar-refractivity contribution is -0.141. The van der Waals surface area contributed by atoms with Gasteiger partial charge in [-0.15, -0.1) is 0 Å². The molecule has 0 bridgehead atoms. The number of hydrogen-bond donors (Lipinski definition) is 0. The van der Waals surface area contributed by atoms with E-state index < -0.39 is 23.8 Å². The molecule has 1 aromatic carbocycles. The molecule has 0 unspecified atom stereocenters. The van der Waals surface area contributed by atoms with Gasteiger partial charge in [0.25, 0.3) is 0 Å². The molecule has 0 aliphatic carbocycles. The van der Waals surface area contributed by atoms with Gasteiger partial charge in [-0.3, -0.25) is 9.59 Å². The third-order valence-corrected chi connectivity index (χ3v) is 3.33. The highest BCUT2D eigenvalue weighted by Gasteiger charge is 2.28. The average Bonchev–Trinajstić information content (AvgIpc) is 2.41. The molecule has 0 aliphatic heterocycles. The van der Waals surface area contributed by atoms with Gasteiger partial charge < -0.3 is 9.13 Å². The van der Waals surface area contributed by atoms with Crippen LogP contribution in [-0.2, 0) is 13.1 Å². The zero-order valence-electron chi connectivity index (χ0n) is 12.1. The minimum Gasteiger partial charge on any atom is -0.305 e. The topological polar surface area (TPSA) is 44.0 Å². The van der Waals surface area contributed by atoms with E-state index in [4.69, 9.17) is 0 Å². The molecule has 1 aromatic heterocycles. The lowest BCUT2D eigenvalue weighted by Gasteiger charge is -2.12. The monoisotopic (exact) mass is 312 g/mol. The molecular formula is C15H15F3N2O2. The fourth-order valence-corrected chi connectivity index (χ4v) is 2.14. The Morgan fingerprint density at radius 1 is 1.00 bits per heavy atom. The summed E-state index contributed by atoms with van der Waals surface area (Å²) in [6.07, 6.45) is -2.35. The van der Waals surface area contributed by atoms with Crippen LogP contribution in [0.1, 0.15) is 16.7 Å². The van der Waals surface area contributed by atoms with Crippen molar-refractivity contribution in [2.75, 3.05) is 0 Å². The van der Waals surface area contributed by atoms with E-state index in [1.54, 1.807) is 0 Å². The number of aromatic nitrogens is 2. The molecule has 4 nitrogen and oxygen atoms in total. The van der Waals surface area contributed by atoms with Gasteiger partial charge in [-0.2, -0.15) is 13.2 Å². The minimum absolute atomic E-state index is 0.147. The Labute approximate surface area is 124 Å². The van der Waals surface area contributed by atoms with E-state index in [0.717, 1.165) is 27.5 Å². The van der Waals surface area contributed by atoms with Gasteiger partial charge in [0.15, 0.2) is 0 Å². The molecule has 22 heavy (non-hydrogen) atoms. The molecule has 0 radical (unpaired) electrons. The molecule has 0 N–H and O–H groups in total. The Hall–Kier alpha value is -2.31. The third kappa shape index (κ3) is 3.66. The Balaban J connectivity index is 2.38. The second-order valence-electron chi connectivity index (χ2n) is 5.21. The van der Waals surface area contributed by atoms with Crippen LogP contribution < -0.4 is 11.1 Å². The Morgan fingerprint density at radius 3 is 2.23 bits per heavy atom. The number of aryl methyl sites for hydroxylation is 2. The van der Waals surface area contributed by atoms with Crippen molar-refractivity contribution in [2.45, 2.75) is 33.1 Å². The molecule has 2 rings (SSSR count). The van der Waals surface area contributed by atoms with Crippen LogP contribution in [0.25, 0.3) is 0 Å². The van der Waals surface area contributed by atoms with Crippen LogP contribution >= 0.6 is 0 Å². The highest BCUT2D eigenvalue weighted by Crippen LogP contribution is 2.16. The van der Waals surface area contributed by atoms with Gasteiger partial charge in [0.05, 0.1) is 6.54 Å². The molecule has 2 aromatic rings. The summed E-state index contributed by atoms with van der Waals surface area (Å²) in [5.41, 5.74) is 0.642. The summed E-state index contributed by atoms with van der Waals surface area (Å²) < 4.78 is 38.5. The maximum absolute atomic E-state index is 12.3. The van der Waals surface area contributed by atoms with Gasteiger partial charge in [-0.05, 0) is 25.0 Å². The summed E-state index contributed by atoms with van der Waals surface area (Å²) >= 11 is 0. The molecule has 0 saturated carbocycles. The van der Waals surface area contributed by atoms with Gasteiger partial charge in [0, 0.05) is 12.4 Å². The quantitative estimate of drug-likeness (QED) is 0.816. The highest BCUT2D eigenvalue weighted by atomic mass is 19.4. The van der Waals surface area contributed by atoms with Crippen LogP contribution in [0.15, 0.2) is 40.2 Å². The van der Waals surface area contributed by atoms with E-state index in [0.29, 0.717) is 4.57 Å². The van der Waals surface area contributed by atoms with Crippen LogP contribution in [0.5, 0.6) is 0 Å². The van der Waals surface area contributed by atoms with Crippen molar-refractivity contribution in [3.63, 3.8) is 0 Å². The lowest BCUT2D eigenvalue weighted by Crippen LogP contribution is -2.42. The second kappa shape index (κ2) is 5.82. The number of hydrogen-bond acceptors (Lipinski definition) is 2. The number of alkyl halides is 3. The molecular weight excluding hydrogens is 297 g/mol. The normalized spacial score (nSPS) is 11.7. The van der Waals surface area contributed by atoms with E-state index in [9.17, 15) is 22.8 Å². The standard InChI is InChI=1S/C15H15F3N2O2/c1-10-3-4-11(2)12(7-10)8-19-5-6-20(9-15(16,17)18)14(22)13(19)21/h3-7H,8-9H2,1-2H3. The van der Waals surface area contributed by atoms with Crippen molar-refractivity contribution in [1.29, 1.82) is 0 Å². The predicted molar refractivity (Wildman–Crippen MR) is 76.0 cm³/mol. The zero-order chi connectivity index (χ0) is 16.5. The van der Waals surface area contributed by atoms with Crippen molar-refractivity contribution in [3.05, 3.63) is 68.0 Å². The van der Waals surface area contributed by atoms with Gasteiger partial charge in [0.1, 0.15) is 6.54 Å². The number of benzene rings is 1. The number of halogens is 3. The first-order chi connectivity index (χ1) is 10.2. The van der Waals surface area contributed by atoms with Gasteiger partial charge in [-0.1, -0.05) is 23.8 Å². The zero-order valence-corrected chi connectivity index (χ0v) is 12.1.